The summed E-state index contributed by atoms with van der Waals surface area (Å²) in [7, 11) is 0. The number of thiophene rings is 2. The number of nitrogens with zero attached hydrogens (tertiary/aromatic N) is 4. The van der Waals surface area contributed by atoms with Gasteiger partial charge in [-0.1, -0.05) is 26.0 Å². The topological polar surface area (TPSA) is 65.5 Å². The molecule has 1 unspecified atom stereocenters. The van der Waals surface area contributed by atoms with Crippen molar-refractivity contribution in [2.45, 2.75) is 32.7 Å². The molecule has 4 heterocycles. The molecule has 0 spiro atoms. The van der Waals surface area contributed by atoms with E-state index in [0.717, 1.165) is 34.9 Å². The van der Waals surface area contributed by atoms with Crippen LogP contribution < -0.4 is 0 Å². The Hall–Kier alpha value is -2.23. The molecule has 0 saturated carbocycles. The summed E-state index contributed by atoms with van der Waals surface area (Å²) in [6.07, 6.45) is 1.30. The summed E-state index contributed by atoms with van der Waals surface area (Å²) in [5, 5.41) is 10.5. The van der Waals surface area contributed by atoms with E-state index in [1.807, 2.05) is 36.7 Å². The van der Waals surface area contributed by atoms with Gasteiger partial charge >= 0.3 is 6.09 Å². The lowest BCUT2D eigenvalue weighted by molar-refractivity contribution is -0.134. The second-order valence-corrected chi connectivity index (χ2v) is 10.5. The van der Waals surface area contributed by atoms with Gasteiger partial charge in [-0.25, -0.2) is 9.80 Å². The molecular weight excluding hydrogens is 444 g/mol. The normalized spacial score (nSPS) is 19.8. The fourth-order valence-electron chi connectivity index (χ4n) is 3.94. The smallest absolute Gasteiger partial charge is 0.409 e. The van der Waals surface area contributed by atoms with Gasteiger partial charge in [0.2, 0.25) is 0 Å². The highest BCUT2D eigenvalue weighted by Gasteiger charge is 2.35. The largest absolute Gasteiger partial charge is 0.449 e. The van der Waals surface area contributed by atoms with Crippen molar-refractivity contribution in [3.8, 4) is 0 Å². The van der Waals surface area contributed by atoms with Crippen LogP contribution in [0.15, 0.2) is 40.1 Å². The average molecular weight is 475 g/mol. The highest BCUT2D eigenvalue weighted by atomic mass is 32.1. The first-order valence-electron chi connectivity index (χ1n) is 11.1. The summed E-state index contributed by atoms with van der Waals surface area (Å²) in [5.74, 6) is 0.321. The Labute approximate surface area is 197 Å². The van der Waals surface area contributed by atoms with Crippen molar-refractivity contribution in [3.05, 3.63) is 44.8 Å². The van der Waals surface area contributed by atoms with Crippen molar-refractivity contribution in [2.75, 3.05) is 39.3 Å². The van der Waals surface area contributed by atoms with E-state index in [9.17, 15) is 9.59 Å². The molecule has 32 heavy (non-hydrogen) atoms. The maximum absolute atomic E-state index is 13.3. The Balaban J connectivity index is 1.39. The standard InChI is InChI=1S/C23H30N4O3S2/c1-17(2)16-30-23(29)26-9-5-8-25(10-11-26)15-22(28)27-19(21-7-4-13-32-21)14-18(24-27)20-6-3-12-31-20/h3-4,6-7,12-13,17,19H,5,8-11,14-16H2,1-2H3. The number of hydrogen-bond donors (Lipinski definition) is 0. The van der Waals surface area contributed by atoms with Gasteiger partial charge in [0.1, 0.15) is 0 Å². The first-order chi connectivity index (χ1) is 15.5. The summed E-state index contributed by atoms with van der Waals surface area (Å²) in [6.45, 7) is 7.44. The van der Waals surface area contributed by atoms with Crippen molar-refractivity contribution in [1.29, 1.82) is 0 Å². The van der Waals surface area contributed by atoms with E-state index < -0.39 is 0 Å². The molecule has 2 aliphatic rings. The van der Waals surface area contributed by atoms with Gasteiger partial charge in [-0.2, -0.15) is 5.10 Å². The molecule has 1 atom stereocenters. The second-order valence-electron chi connectivity index (χ2n) is 8.59. The van der Waals surface area contributed by atoms with E-state index in [1.54, 1.807) is 32.6 Å². The molecule has 0 radical (unpaired) electrons. The van der Waals surface area contributed by atoms with Crippen LogP contribution in [-0.4, -0.2) is 71.9 Å². The molecule has 1 fully saturated rings. The third kappa shape index (κ3) is 5.57. The Kier molecular flexibility index (Phi) is 7.59. The molecule has 0 bridgehead atoms. The molecule has 0 N–H and O–H groups in total. The lowest BCUT2D eigenvalue weighted by atomic mass is 10.1. The third-order valence-electron chi connectivity index (χ3n) is 5.59. The first kappa shape index (κ1) is 22.9. The molecule has 1 saturated heterocycles. The molecule has 2 amide bonds. The molecule has 9 heteroatoms. The Bertz CT molecular complexity index is 927. The van der Waals surface area contributed by atoms with E-state index in [4.69, 9.17) is 9.84 Å². The summed E-state index contributed by atoms with van der Waals surface area (Å²) in [4.78, 5) is 31.8. The zero-order valence-corrected chi connectivity index (χ0v) is 20.2. The minimum atomic E-state index is -0.255. The minimum absolute atomic E-state index is 0.00536. The van der Waals surface area contributed by atoms with Gasteiger partial charge in [0.15, 0.2) is 0 Å². The van der Waals surface area contributed by atoms with Crippen molar-refractivity contribution >= 4 is 40.4 Å². The number of rotatable bonds is 6. The Morgan fingerprint density at radius 1 is 1.12 bits per heavy atom. The van der Waals surface area contributed by atoms with Gasteiger partial charge in [0.05, 0.1) is 29.8 Å². The number of amides is 2. The van der Waals surface area contributed by atoms with Gasteiger partial charge in [-0.05, 0) is 35.2 Å². The molecule has 4 rings (SSSR count). The van der Waals surface area contributed by atoms with Crippen molar-refractivity contribution < 1.29 is 14.3 Å². The van der Waals surface area contributed by atoms with Gasteiger partial charge in [0.25, 0.3) is 5.91 Å². The summed E-state index contributed by atoms with van der Waals surface area (Å²) < 4.78 is 5.38. The summed E-state index contributed by atoms with van der Waals surface area (Å²) in [6, 6.07) is 8.13. The SMILES string of the molecule is CC(C)COC(=O)N1CCCN(CC(=O)N2N=C(c3cccs3)CC2c2cccs2)CC1. The first-order valence-corrected chi connectivity index (χ1v) is 12.9. The van der Waals surface area contributed by atoms with Crippen LogP contribution >= 0.6 is 22.7 Å². The zero-order valence-electron chi connectivity index (χ0n) is 18.6. The van der Waals surface area contributed by atoms with Crippen LogP contribution in [0.25, 0.3) is 0 Å². The van der Waals surface area contributed by atoms with E-state index in [2.05, 4.69) is 17.0 Å². The highest BCUT2D eigenvalue weighted by molar-refractivity contribution is 7.12. The van der Waals surface area contributed by atoms with E-state index in [-0.39, 0.29) is 18.0 Å². The summed E-state index contributed by atoms with van der Waals surface area (Å²) >= 11 is 3.32. The number of hydrazone groups is 1. The highest BCUT2D eigenvalue weighted by Crippen LogP contribution is 2.36. The summed E-state index contributed by atoms with van der Waals surface area (Å²) in [5.41, 5.74) is 0.974. The second kappa shape index (κ2) is 10.6. The maximum Gasteiger partial charge on any atom is 0.409 e. The van der Waals surface area contributed by atoms with Crippen LogP contribution in [0.4, 0.5) is 4.79 Å². The molecule has 0 aliphatic carbocycles. The quantitative estimate of drug-likeness (QED) is 0.627. The lowest BCUT2D eigenvalue weighted by Gasteiger charge is -2.25. The van der Waals surface area contributed by atoms with Crippen molar-refractivity contribution in [1.82, 2.24) is 14.8 Å². The van der Waals surface area contributed by atoms with Crippen LogP contribution in [0.2, 0.25) is 0 Å². The number of carbonyl (C=O) groups is 2. The van der Waals surface area contributed by atoms with Crippen LogP contribution in [0.5, 0.6) is 0 Å². The van der Waals surface area contributed by atoms with E-state index >= 15 is 0 Å². The van der Waals surface area contributed by atoms with E-state index in [0.29, 0.717) is 38.7 Å². The minimum Gasteiger partial charge on any atom is -0.449 e. The fourth-order valence-corrected chi connectivity index (χ4v) is 5.47. The molecule has 2 aromatic rings. The molecular formula is C23H30N4O3S2. The lowest BCUT2D eigenvalue weighted by Crippen LogP contribution is -2.40. The predicted molar refractivity (Wildman–Crippen MR) is 128 cm³/mol. The monoisotopic (exact) mass is 474 g/mol. The maximum atomic E-state index is 13.3. The van der Waals surface area contributed by atoms with Crippen LogP contribution in [0.1, 0.15) is 42.5 Å². The van der Waals surface area contributed by atoms with Gasteiger partial charge in [0, 0.05) is 37.5 Å². The average Bonchev–Trinajstić information content (AvgIpc) is 3.52. The molecule has 0 aromatic carbocycles. The molecule has 7 nitrogen and oxygen atoms in total. The van der Waals surface area contributed by atoms with Gasteiger partial charge in [-0.15, -0.1) is 22.7 Å². The predicted octanol–water partition coefficient (Wildman–Crippen LogP) is 4.29. The van der Waals surface area contributed by atoms with Crippen molar-refractivity contribution in [2.24, 2.45) is 11.0 Å². The number of ether oxygens (including phenoxy) is 1. The van der Waals surface area contributed by atoms with Crippen LogP contribution in [-0.2, 0) is 9.53 Å². The molecule has 2 aromatic heterocycles. The Morgan fingerprint density at radius 2 is 1.94 bits per heavy atom. The molecule has 2 aliphatic heterocycles. The third-order valence-corrected chi connectivity index (χ3v) is 7.48. The number of carbonyl (C=O) groups excluding carboxylic acids is 2. The number of hydrogen-bond acceptors (Lipinski definition) is 7. The van der Waals surface area contributed by atoms with Crippen LogP contribution in [0.3, 0.4) is 0 Å². The zero-order chi connectivity index (χ0) is 22.5. The Morgan fingerprint density at radius 3 is 2.66 bits per heavy atom. The molecule has 172 valence electrons. The van der Waals surface area contributed by atoms with Crippen LogP contribution in [0, 0.1) is 5.92 Å². The van der Waals surface area contributed by atoms with E-state index in [1.165, 1.54) is 0 Å². The van der Waals surface area contributed by atoms with Crippen molar-refractivity contribution in [3.63, 3.8) is 0 Å². The van der Waals surface area contributed by atoms with Gasteiger partial charge in [-0.3, -0.25) is 9.69 Å². The fraction of sp³-hybridized carbons (Fsp3) is 0.522. The van der Waals surface area contributed by atoms with Gasteiger partial charge < -0.3 is 9.64 Å².